The topological polar surface area (TPSA) is 30.3 Å². The molecule has 3 heterocycles. The summed E-state index contributed by atoms with van der Waals surface area (Å²) >= 11 is 1.77. The van der Waals surface area contributed by atoms with E-state index in [2.05, 4.69) is 90.4 Å². The molecule has 37 heavy (non-hydrogen) atoms. The van der Waals surface area contributed by atoms with E-state index in [1.807, 2.05) is 0 Å². The van der Waals surface area contributed by atoms with Gasteiger partial charge in [-0.25, -0.2) is 4.98 Å². The third kappa shape index (κ3) is 4.97. The van der Waals surface area contributed by atoms with Crippen LogP contribution in [0.1, 0.15) is 42.7 Å². The van der Waals surface area contributed by atoms with Gasteiger partial charge in [-0.2, -0.15) is 0 Å². The number of thioether (sulfide) groups is 1. The quantitative estimate of drug-likeness (QED) is 0.263. The second kappa shape index (κ2) is 10.6. The summed E-state index contributed by atoms with van der Waals surface area (Å²) in [6.45, 7) is 6.48. The van der Waals surface area contributed by atoms with Crippen molar-refractivity contribution in [3.8, 4) is 22.5 Å². The van der Waals surface area contributed by atoms with Gasteiger partial charge in [0, 0.05) is 36.8 Å². The molecule has 2 fully saturated rings. The Morgan fingerprint density at radius 1 is 0.838 bits per heavy atom. The summed E-state index contributed by atoms with van der Waals surface area (Å²) in [6.07, 6.45) is 7.03. The Bertz CT molecular complexity index is 1360. The van der Waals surface area contributed by atoms with E-state index >= 15 is 0 Å². The highest BCUT2D eigenvalue weighted by atomic mass is 32.2. The first-order valence-corrected chi connectivity index (χ1v) is 14.9. The molecule has 0 saturated carbocycles. The summed E-state index contributed by atoms with van der Waals surface area (Å²) in [5.41, 5.74) is 8.68. The van der Waals surface area contributed by atoms with Crippen molar-refractivity contribution in [2.45, 2.75) is 49.5 Å². The molecule has 5 heteroatoms. The van der Waals surface area contributed by atoms with E-state index in [0.717, 1.165) is 36.2 Å². The van der Waals surface area contributed by atoms with Gasteiger partial charge in [0.05, 0.1) is 11.0 Å². The molecule has 1 aromatic heterocycles. The number of hydrogen-bond acceptors (Lipinski definition) is 4. The molecule has 4 aromatic rings. The highest BCUT2D eigenvalue weighted by molar-refractivity contribution is 7.98. The Kier molecular flexibility index (Phi) is 7.11. The van der Waals surface area contributed by atoms with Crippen molar-refractivity contribution >= 4 is 22.8 Å². The zero-order valence-electron chi connectivity index (χ0n) is 22.2. The third-order valence-electron chi connectivity index (χ3n) is 8.48. The van der Waals surface area contributed by atoms with Crippen LogP contribution in [0.3, 0.4) is 0 Å². The first kappa shape index (κ1) is 24.7. The number of nitrogens with zero attached hydrogens (tertiary/aromatic N) is 3. The van der Waals surface area contributed by atoms with Crippen molar-refractivity contribution < 1.29 is 4.74 Å². The third-order valence-corrected chi connectivity index (χ3v) is 9.22. The van der Waals surface area contributed by atoms with Gasteiger partial charge >= 0.3 is 0 Å². The van der Waals surface area contributed by atoms with E-state index in [4.69, 9.17) is 9.72 Å². The summed E-state index contributed by atoms with van der Waals surface area (Å²) < 4.78 is 7.80. The van der Waals surface area contributed by atoms with Crippen molar-refractivity contribution in [2.75, 3.05) is 32.6 Å². The normalized spacial score (nSPS) is 18.0. The predicted molar refractivity (Wildman–Crippen MR) is 155 cm³/mol. The fourth-order valence-corrected chi connectivity index (χ4v) is 6.63. The maximum atomic E-state index is 5.56. The SMILES string of the molecule is CSc1ccc(-c2nc3c(C)cc(-c4ccc(C5CCN(C6CCOCC6)CC5)cc4)cc3n2C)cc1. The number of benzene rings is 3. The Balaban J connectivity index is 1.20. The van der Waals surface area contributed by atoms with Crippen molar-refractivity contribution in [3.05, 3.63) is 71.8 Å². The van der Waals surface area contributed by atoms with Crippen molar-refractivity contribution in [1.82, 2.24) is 14.5 Å². The molecule has 0 aliphatic carbocycles. The van der Waals surface area contributed by atoms with Crippen LogP contribution in [-0.4, -0.2) is 53.1 Å². The summed E-state index contributed by atoms with van der Waals surface area (Å²) in [4.78, 5) is 9.02. The number of piperidine rings is 1. The van der Waals surface area contributed by atoms with Gasteiger partial charge in [-0.1, -0.05) is 36.4 Å². The lowest BCUT2D eigenvalue weighted by Crippen LogP contribution is -2.43. The Morgan fingerprint density at radius 2 is 1.51 bits per heavy atom. The van der Waals surface area contributed by atoms with Gasteiger partial charge in [0.25, 0.3) is 0 Å². The molecule has 0 bridgehead atoms. The molecule has 0 atom stereocenters. The molecule has 192 valence electrons. The summed E-state index contributed by atoms with van der Waals surface area (Å²) in [5.74, 6) is 1.69. The van der Waals surface area contributed by atoms with Gasteiger partial charge in [0.15, 0.2) is 0 Å². The van der Waals surface area contributed by atoms with Gasteiger partial charge < -0.3 is 14.2 Å². The average molecular weight is 512 g/mol. The highest BCUT2D eigenvalue weighted by Gasteiger charge is 2.27. The van der Waals surface area contributed by atoms with E-state index in [1.165, 1.54) is 71.4 Å². The van der Waals surface area contributed by atoms with Crippen LogP contribution in [0.15, 0.2) is 65.6 Å². The van der Waals surface area contributed by atoms with Gasteiger partial charge in [0.2, 0.25) is 0 Å². The van der Waals surface area contributed by atoms with Crippen LogP contribution >= 0.6 is 11.8 Å². The van der Waals surface area contributed by atoms with Crippen molar-refractivity contribution in [2.24, 2.45) is 7.05 Å². The molecule has 2 aliphatic rings. The molecular weight excluding hydrogens is 474 g/mol. The molecule has 3 aromatic carbocycles. The maximum absolute atomic E-state index is 5.56. The number of ether oxygens (including phenoxy) is 1. The van der Waals surface area contributed by atoms with Gasteiger partial charge in [0.1, 0.15) is 5.82 Å². The second-order valence-corrected chi connectivity index (χ2v) is 11.5. The van der Waals surface area contributed by atoms with Crippen LogP contribution in [0.4, 0.5) is 0 Å². The van der Waals surface area contributed by atoms with E-state index < -0.39 is 0 Å². The van der Waals surface area contributed by atoms with Gasteiger partial charge in [-0.05, 0) is 104 Å². The van der Waals surface area contributed by atoms with Crippen LogP contribution in [-0.2, 0) is 11.8 Å². The van der Waals surface area contributed by atoms with Crippen LogP contribution in [0, 0.1) is 6.92 Å². The summed E-state index contributed by atoms with van der Waals surface area (Å²) in [6, 6.07) is 23.4. The standard InChI is InChI=1S/C32H37N3OS/c1-22-20-27(21-30-31(22)33-32(34(30)2)26-8-10-29(37-3)11-9-26)24-6-4-23(5-7-24)25-12-16-35(17-13-25)28-14-18-36-19-15-28/h4-11,20-21,25,28H,12-19H2,1-3H3. The fourth-order valence-electron chi connectivity index (χ4n) is 6.22. The van der Waals surface area contributed by atoms with Crippen LogP contribution in [0.2, 0.25) is 0 Å². The fraction of sp³-hybridized carbons (Fsp3) is 0.406. The highest BCUT2D eigenvalue weighted by Crippen LogP contribution is 2.34. The van der Waals surface area contributed by atoms with Crippen LogP contribution < -0.4 is 0 Å². The largest absolute Gasteiger partial charge is 0.381 e. The monoisotopic (exact) mass is 511 g/mol. The van der Waals surface area contributed by atoms with Crippen LogP contribution in [0.25, 0.3) is 33.5 Å². The molecule has 2 saturated heterocycles. The number of imidazole rings is 1. The molecule has 6 rings (SSSR count). The summed E-state index contributed by atoms with van der Waals surface area (Å²) in [7, 11) is 2.13. The lowest BCUT2D eigenvalue weighted by atomic mass is 9.87. The minimum absolute atomic E-state index is 0.673. The number of likely N-dealkylation sites (tertiary alicyclic amines) is 1. The van der Waals surface area contributed by atoms with Gasteiger partial charge in [-0.15, -0.1) is 11.8 Å². The van der Waals surface area contributed by atoms with Crippen molar-refractivity contribution in [1.29, 1.82) is 0 Å². The molecule has 4 nitrogen and oxygen atoms in total. The Hall–Kier alpha value is -2.60. The molecule has 2 aliphatic heterocycles. The molecule has 0 radical (unpaired) electrons. The number of rotatable bonds is 5. The lowest BCUT2D eigenvalue weighted by molar-refractivity contribution is 0.0252. The molecule has 0 N–H and O–H groups in total. The minimum Gasteiger partial charge on any atom is -0.381 e. The van der Waals surface area contributed by atoms with Crippen molar-refractivity contribution in [3.63, 3.8) is 0 Å². The molecule has 0 amide bonds. The zero-order valence-corrected chi connectivity index (χ0v) is 23.1. The lowest BCUT2D eigenvalue weighted by Gasteiger charge is -2.39. The number of fused-ring (bicyclic) bond motifs is 1. The first-order chi connectivity index (χ1) is 18.1. The van der Waals surface area contributed by atoms with Gasteiger partial charge in [-0.3, -0.25) is 0 Å². The van der Waals surface area contributed by atoms with E-state index in [0.29, 0.717) is 5.92 Å². The number of aromatic nitrogens is 2. The Labute approximate surface area is 225 Å². The van der Waals surface area contributed by atoms with Crippen LogP contribution in [0.5, 0.6) is 0 Å². The number of hydrogen-bond donors (Lipinski definition) is 0. The molecule has 0 unspecified atom stereocenters. The minimum atomic E-state index is 0.673. The predicted octanol–water partition coefficient (Wildman–Crippen LogP) is 7.30. The smallest absolute Gasteiger partial charge is 0.140 e. The van der Waals surface area contributed by atoms with E-state index in [1.54, 1.807) is 11.8 Å². The first-order valence-electron chi connectivity index (χ1n) is 13.6. The zero-order chi connectivity index (χ0) is 25.4. The molecule has 0 spiro atoms. The number of aryl methyl sites for hydroxylation is 2. The summed E-state index contributed by atoms with van der Waals surface area (Å²) in [5, 5.41) is 0. The second-order valence-electron chi connectivity index (χ2n) is 10.7. The average Bonchev–Trinajstić information content (AvgIpc) is 3.30. The van der Waals surface area contributed by atoms with E-state index in [-0.39, 0.29) is 0 Å². The maximum Gasteiger partial charge on any atom is 0.140 e. The molecular formula is C32H37N3OS. The Morgan fingerprint density at radius 3 is 2.19 bits per heavy atom. The van der Waals surface area contributed by atoms with E-state index in [9.17, 15) is 0 Å².